The Kier molecular flexibility index (Phi) is 4.76. The third-order valence-electron chi connectivity index (χ3n) is 2.94. The number of nitrogens with two attached hydrogens (primary N) is 1. The predicted octanol–water partition coefficient (Wildman–Crippen LogP) is 2.12. The molecule has 0 radical (unpaired) electrons. The molecule has 0 spiro atoms. The van der Waals surface area contributed by atoms with Crippen LogP contribution in [0.4, 0.5) is 0 Å². The summed E-state index contributed by atoms with van der Waals surface area (Å²) in [6.07, 6.45) is 0. The molecule has 0 unspecified atom stereocenters. The molecule has 0 saturated carbocycles. The molecule has 1 aromatic carbocycles. The van der Waals surface area contributed by atoms with E-state index in [1.807, 2.05) is 27.7 Å². The van der Waals surface area contributed by atoms with Gasteiger partial charge in [-0.15, -0.1) is 0 Å². The number of hydrogen-bond acceptors (Lipinski definition) is 3. The zero-order chi connectivity index (χ0) is 14.8. The molecule has 0 atom stereocenters. The summed E-state index contributed by atoms with van der Waals surface area (Å²) in [6, 6.07) is 5.10. The average Bonchev–Trinajstić information content (AvgIpc) is 2.26. The van der Waals surface area contributed by atoms with Crippen molar-refractivity contribution in [1.82, 2.24) is 4.31 Å². The molecule has 4 nitrogen and oxygen atoms in total. The summed E-state index contributed by atoms with van der Waals surface area (Å²) in [6.45, 7) is 8.83. The summed E-state index contributed by atoms with van der Waals surface area (Å²) < 4.78 is 26.3. The highest BCUT2D eigenvalue weighted by atomic mass is 32.2. The van der Waals surface area contributed by atoms with Gasteiger partial charge in [-0.25, -0.2) is 12.7 Å². The van der Waals surface area contributed by atoms with Crippen LogP contribution in [0.1, 0.15) is 31.9 Å². The average molecular weight is 284 g/mol. The van der Waals surface area contributed by atoms with Crippen molar-refractivity contribution in [3.8, 4) is 0 Å². The standard InChI is InChI=1S/C14H24N2O2S/c1-11-8-13(7-6-12(11)9-15)19(17,18)16(5)10-14(2,3)4/h6-8H,9-10,15H2,1-5H3. The topological polar surface area (TPSA) is 63.4 Å². The van der Waals surface area contributed by atoms with E-state index in [-0.39, 0.29) is 5.41 Å². The van der Waals surface area contributed by atoms with Gasteiger partial charge in [0.2, 0.25) is 10.0 Å². The second kappa shape index (κ2) is 5.61. The van der Waals surface area contributed by atoms with E-state index >= 15 is 0 Å². The van der Waals surface area contributed by atoms with Crippen LogP contribution in [0.2, 0.25) is 0 Å². The molecule has 0 aliphatic carbocycles. The number of benzene rings is 1. The molecule has 0 amide bonds. The summed E-state index contributed by atoms with van der Waals surface area (Å²) in [4.78, 5) is 0.328. The van der Waals surface area contributed by atoms with Crippen molar-refractivity contribution in [2.75, 3.05) is 13.6 Å². The Morgan fingerprint density at radius 2 is 1.84 bits per heavy atom. The molecule has 0 heterocycles. The molecule has 0 aromatic heterocycles. The lowest BCUT2D eigenvalue weighted by Crippen LogP contribution is -2.34. The molecule has 108 valence electrons. The van der Waals surface area contributed by atoms with Gasteiger partial charge in [-0.05, 0) is 35.6 Å². The van der Waals surface area contributed by atoms with Gasteiger partial charge >= 0.3 is 0 Å². The van der Waals surface area contributed by atoms with Gasteiger partial charge in [-0.3, -0.25) is 0 Å². The lowest BCUT2D eigenvalue weighted by atomic mass is 9.97. The van der Waals surface area contributed by atoms with Gasteiger partial charge in [0.05, 0.1) is 4.90 Å². The molecule has 1 rings (SSSR count). The van der Waals surface area contributed by atoms with Crippen LogP contribution in [-0.2, 0) is 16.6 Å². The van der Waals surface area contributed by atoms with Crippen LogP contribution in [0.5, 0.6) is 0 Å². The number of aryl methyl sites for hydroxylation is 1. The Morgan fingerprint density at radius 3 is 2.26 bits per heavy atom. The molecule has 1 aromatic rings. The normalized spacial score (nSPS) is 13.0. The smallest absolute Gasteiger partial charge is 0.242 e. The van der Waals surface area contributed by atoms with Gasteiger partial charge in [0.1, 0.15) is 0 Å². The van der Waals surface area contributed by atoms with Crippen LogP contribution >= 0.6 is 0 Å². The van der Waals surface area contributed by atoms with Gasteiger partial charge in [-0.1, -0.05) is 26.8 Å². The molecule has 0 aliphatic heterocycles. The van der Waals surface area contributed by atoms with E-state index in [4.69, 9.17) is 5.73 Å². The molecule has 0 fully saturated rings. The minimum atomic E-state index is -3.43. The van der Waals surface area contributed by atoms with Crippen molar-refractivity contribution in [2.24, 2.45) is 11.1 Å². The maximum atomic E-state index is 12.5. The Morgan fingerprint density at radius 1 is 1.26 bits per heavy atom. The van der Waals surface area contributed by atoms with Crippen molar-refractivity contribution in [2.45, 2.75) is 39.1 Å². The summed E-state index contributed by atoms with van der Waals surface area (Å²) in [5, 5.41) is 0. The minimum absolute atomic E-state index is 0.0753. The highest BCUT2D eigenvalue weighted by Gasteiger charge is 2.25. The van der Waals surface area contributed by atoms with E-state index < -0.39 is 10.0 Å². The second-order valence-electron chi connectivity index (χ2n) is 6.11. The monoisotopic (exact) mass is 284 g/mol. The predicted molar refractivity (Wildman–Crippen MR) is 78.3 cm³/mol. The van der Waals surface area contributed by atoms with Crippen LogP contribution in [0, 0.1) is 12.3 Å². The fourth-order valence-corrected chi connectivity index (χ4v) is 3.47. The summed E-state index contributed by atoms with van der Waals surface area (Å²) >= 11 is 0. The molecule has 0 saturated heterocycles. The first-order valence-electron chi connectivity index (χ1n) is 6.34. The molecule has 0 aliphatic rings. The maximum Gasteiger partial charge on any atom is 0.242 e. The number of nitrogens with zero attached hydrogens (tertiary/aromatic N) is 1. The van der Waals surface area contributed by atoms with Gasteiger partial charge < -0.3 is 5.73 Å². The van der Waals surface area contributed by atoms with Crippen LogP contribution in [0.3, 0.4) is 0 Å². The first-order valence-corrected chi connectivity index (χ1v) is 7.78. The van der Waals surface area contributed by atoms with Crippen molar-refractivity contribution in [3.05, 3.63) is 29.3 Å². The molecule has 0 bridgehead atoms. The highest BCUT2D eigenvalue weighted by Crippen LogP contribution is 2.22. The highest BCUT2D eigenvalue weighted by molar-refractivity contribution is 7.89. The van der Waals surface area contributed by atoms with Gasteiger partial charge in [0.25, 0.3) is 0 Å². The van der Waals surface area contributed by atoms with Crippen molar-refractivity contribution >= 4 is 10.0 Å². The summed E-state index contributed by atoms with van der Waals surface area (Å²) in [5.74, 6) is 0. The zero-order valence-corrected chi connectivity index (χ0v) is 13.2. The minimum Gasteiger partial charge on any atom is -0.326 e. The fraction of sp³-hybridized carbons (Fsp3) is 0.571. The van der Waals surface area contributed by atoms with E-state index in [2.05, 4.69) is 0 Å². The van der Waals surface area contributed by atoms with Crippen LogP contribution in [0.15, 0.2) is 23.1 Å². The maximum absolute atomic E-state index is 12.5. The number of sulfonamides is 1. The second-order valence-corrected chi connectivity index (χ2v) is 8.16. The SMILES string of the molecule is Cc1cc(S(=O)(=O)N(C)CC(C)(C)C)ccc1CN. The molecule has 5 heteroatoms. The van der Waals surface area contributed by atoms with Crippen LogP contribution < -0.4 is 5.73 Å². The Bertz CT molecular complexity index is 545. The van der Waals surface area contributed by atoms with Gasteiger partial charge in [0.15, 0.2) is 0 Å². The van der Waals surface area contributed by atoms with Crippen LogP contribution in [0.25, 0.3) is 0 Å². The zero-order valence-electron chi connectivity index (χ0n) is 12.4. The van der Waals surface area contributed by atoms with Gasteiger partial charge in [-0.2, -0.15) is 0 Å². The van der Waals surface area contributed by atoms with E-state index in [1.54, 1.807) is 25.2 Å². The van der Waals surface area contributed by atoms with E-state index in [9.17, 15) is 8.42 Å². The van der Waals surface area contributed by atoms with E-state index in [0.717, 1.165) is 11.1 Å². The Balaban J connectivity index is 3.10. The van der Waals surface area contributed by atoms with E-state index in [1.165, 1.54) is 4.31 Å². The molecular weight excluding hydrogens is 260 g/mol. The molecular formula is C14H24N2O2S. The first kappa shape index (κ1) is 16.1. The lowest BCUT2D eigenvalue weighted by Gasteiger charge is -2.26. The Labute approximate surface area is 116 Å². The molecule has 19 heavy (non-hydrogen) atoms. The summed E-state index contributed by atoms with van der Waals surface area (Å²) in [7, 11) is -1.81. The van der Waals surface area contributed by atoms with E-state index in [0.29, 0.717) is 18.0 Å². The van der Waals surface area contributed by atoms with Crippen molar-refractivity contribution in [1.29, 1.82) is 0 Å². The van der Waals surface area contributed by atoms with Crippen molar-refractivity contribution < 1.29 is 8.42 Å². The van der Waals surface area contributed by atoms with Crippen molar-refractivity contribution in [3.63, 3.8) is 0 Å². The quantitative estimate of drug-likeness (QED) is 0.921. The van der Waals surface area contributed by atoms with Gasteiger partial charge in [0, 0.05) is 20.1 Å². The summed E-state index contributed by atoms with van der Waals surface area (Å²) in [5.41, 5.74) is 7.40. The molecule has 2 N–H and O–H groups in total. The Hall–Kier alpha value is -0.910. The van der Waals surface area contributed by atoms with Crippen LogP contribution in [-0.4, -0.2) is 26.3 Å². The largest absolute Gasteiger partial charge is 0.326 e. The fourth-order valence-electron chi connectivity index (χ4n) is 1.99. The third kappa shape index (κ3) is 4.03. The lowest BCUT2D eigenvalue weighted by molar-refractivity contribution is 0.311. The third-order valence-corrected chi connectivity index (χ3v) is 4.74. The first-order chi connectivity index (χ1) is 8.58. The number of rotatable bonds is 4. The number of hydrogen-bond donors (Lipinski definition) is 1.